The molecule has 0 aromatic heterocycles. The van der Waals surface area contributed by atoms with Gasteiger partial charge in [0.15, 0.2) is 23.0 Å². The highest BCUT2D eigenvalue weighted by atomic mass is 16.6. The van der Waals surface area contributed by atoms with E-state index in [-0.39, 0.29) is 11.7 Å². The summed E-state index contributed by atoms with van der Waals surface area (Å²) in [4.78, 5) is 11.3. The van der Waals surface area contributed by atoms with Crippen LogP contribution in [0.1, 0.15) is 22.7 Å². The summed E-state index contributed by atoms with van der Waals surface area (Å²) in [7, 11) is 6.10. The van der Waals surface area contributed by atoms with E-state index in [4.69, 9.17) is 18.9 Å². The van der Waals surface area contributed by atoms with Crippen molar-refractivity contribution < 1.29 is 23.9 Å². The van der Waals surface area contributed by atoms with Crippen molar-refractivity contribution in [3.63, 3.8) is 0 Å². The molecule has 0 unspecified atom stereocenters. The molecule has 2 aromatic carbocycles. The molecule has 8 nitrogen and oxygen atoms in total. The molecule has 27 heavy (non-hydrogen) atoms. The third kappa shape index (κ3) is 3.35. The summed E-state index contributed by atoms with van der Waals surface area (Å²) < 4.78 is 21.4. The molecule has 144 valence electrons. The highest BCUT2D eigenvalue weighted by Crippen LogP contribution is 2.43. The van der Waals surface area contributed by atoms with E-state index >= 15 is 0 Å². The fourth-order valence-corrected chi connectivity index (χ4v) is 3.43. The van der Waals surface area contributed by atoms with E-state index in [2.05, 4.69) is 5.32 Å². The molecule has 1 heterocycles. The molecule has 0 amide bonds. The van der Waals surface area contributed by atoms with Crippen LogP contribution in [0.2, 0.25) is 0 Å². The molecule has 3 rings (SSSR count). The Bertz CT molecular complexity index is 868. The highest BCUT2D eigenvalue weighted by molar-refractivity contribution is 5.59. The van der Waals surface area contributed by atoms with Crippen molar-refractivity contribution in [1.29, 1.82) is 0 Å². The van der Waals surface area contributed by atoms with Gasteiger partial charge in [-0.15, -0.1) is 0 Å². The average molecular weight is 374 g/mol. The smallest absolute Gasteiger partial charge is 0.278 e. The van der Waals surface area contributed by atoms with E-state index < -0.39 is 4.92 Å². The highest BCUT2D eigenvalue weighted by Gasteiger charge is 2.31. The van der Waals surface area contributed by atoms with Crippen molar-refractivity contribution in [3.05, 3.63) is 51.1 Å². The number of fused-ring (bicyclic) bond motifs is 1. The van der Waals surface area contributed by atoms with Gasteiger partial charge in [0.2, 0.25) is 0 Å². The number of benzene rings is 2. The number of nitrogens with one attached hydrogen (secondary N) is 1. The van der Waals surface area contributed by atoms with Crippen molar-refractivity contribution in [2.24, 2.45) is 0 Å². The molecule has 0 fully saturated rings. The lowest BCUT2D eigenvalue weighted by Gasteiger charge is -2.28. The van der Waals surface area contributed by atoms with Gasteiger partial charge in [0.1, 0.15) is 0 Å². The minimum Gasteiger partial charge on any atom is -0.493 e. The third-order valence-corrected chi connectivity index (χ3v) is 4.74. The maximum absolute atomic E-state index is 11.7. The van der Waals surface area contributed by atoms with Gasteiger partial charge in [0.25, 0.3) is 5.69 Å². The monoisotopic (exact) mass is 374 g/mol. The Labute approximate surface area is 157 Å². The van der Waals surface area contributed by atoms with Crippen LogP contribution in [-0.2, 0) is 6.42 Å². The van der Waals surface area contributed by atoms with Gasteiger partial charge in [-0.25, -0.2) is 0 Å². The quantitative estimate of drug-likeness (QED) is 0.614. The predicted octanol–water partition coefficient (Wildman–Crippen LogP) is 2.86. The van der Waals surface area contributed by atoms with Crippen molar-refractivity contribution >= 4 is 5.69 Å². The predicted molar refractivity (Wildman–Crippen MR) is 99.3 cm³/mol. The molecular weight excluding hydrogens is 352 g/mol. The average Bonchev–Trinajstić information content (AvgIpc) is 2.70. The molecule has 8 heteroatoms. The normalized spacial score (nSPS) is 15.6. The molecule has 0 bridgehead atoms. The Hall–Kier alpha value is -3.00. The van der Waals surface area contributed by atoms with Crippen LogP contribution in [-0.4, -0.2) is 39.9 Å². The van der Waals surface area contributed by atoms with Crippen LogP contribution in [0.25, 0.3) is 0 Å². The van der Waals surface area contributed by atoms with Crippen LogP contribution in [0, 0.1) is 10.1 Å². The second kappa shape index (κ2) is 7.71. The molecule has 0 saturated carbocycles. The summed E-state index contributed by atoms with van der Waals surface area (Å²) in [6.45, 7) is 0.679. The standard InChI is InChI=1S/C19H22N2O6/c1-24-15-7-11-5-6-20-19(12(11)8-16(15)25-2)13-9-17(26-3)18(27-4)10-14(13)21(22)23/h7-10,19-20H,5-6H2,1-4H3/t19-/m1/s1. The summed E-state index contributed by atoms with van der Waals surface area (Å²) in [6, 6.07) is 6.46. The Morgan fingerprint density at radius 1 is 0.889 bits per heavy atom. The van der Waals surface area contributed by atoms with Crippen LogP contribution in [0.4, 0.5) is 5.69 Å². The number of ether oxygens (including phenoxy) is 4. The fourth-order valence-electron chi connectivity index (χ4n) is 3.43. The minimum absolute atomic E-state index is 0.0345. The first-order valence-corrected chi connectivity index (χ1v) is 8.42. The molecule has 1 atom stereocenters. The Morgan fingerprint density at radius 2 is 1.41 bits per heavy atom. The second-order valence-electron chi connectivity index (χ2n) is 6.07. The summed E-state index contributed by atoms with van der Waals surface area (Å²) in [5.41, 5.74) is 2.44. The number of rotatable bonds is 6. The SMILES string of the molecule is COc1cc2c(cc1OC)[C@H](c1cc(OC)c(OC)cc1[N+](=O)[O-])NCC2. The van der Waals surface area contributed by atoms with E-state index in [1.165, 1.54) is 20.3 Å². The van der Waals surface area contributed by atoms with Crippen molar-refractivity contribution in [2.75, 3.05) is 35.0 Å². The van der Waals surface area contributed by atoms with Gasteiger partial charge in [0.05, 0.1) is 51.0 Å². The van der Waals surface area contributed by atoms with Gasteiger partial charge in [-0.05, 0) is 35.7 Å². The van der Waals surface area contributed by atoms with E-state index in [1.807, 2.05) is 12.1 Å². The van der Waals surface area contributed by atoms with Gasteiger partial charge in [-0.2, -0.15) is 0 Å². The van der Waals surface area contributed by atoms with Crippen molar-refractivity contribution in [1.82, 2.24) is 5.32 Å². The van der Waals surface area contributed by atoms with E-state index in [0.717, 1.165) is 17.5 Å². The first-order chi connectivity index (χ1) is 13.0. The largest absolute Gasteiger partial charge is 0.493 e. The molecule has 2 aromatic rings. The third-order valence-electron chi connectivity index (χ3n) is 4.74. The topological polar surface area (TPSA) is 92.1 Å². The van der Waals surface area contributed by atoms with E-state index in [1.54, 1.807) is 20.3 Å². The van der Waals surface area contributed by atoms with Crippen LogP contribution >= 0.6 is 0 Å². The fraction of sp³-hybridized carbons (Fsp3) is 0.368. The number of nitro benzene ring substituents is 1. The molecule has 0 aliphatic carbocycles. The summed E-state index contributed by atoms with van der Waals surface area (Å²) in [5.74, 6) is 1.97. The first-order valence-electron chi connectivity index (χ1n) is 8.42. The number of hydrogen-bond acceptors (Lipinski definition) is 7. The van der Waals surface area contributed by atoms with Crippen LogP contribution in [0.5, 0.6) is 23.0 Å². The lowest BCUT2D eigenvalue weighted by molar-refractivity contribution is -0.385. The van der Waals surface area contributed by atoms with Gasteiger partial charge < -0.3 is 24.3 Å². The Morgan fingerprint density at radius 3 is 1.96 bits per heavy atom. The number of methoxy groups -OCH3 is 4. The zero-order valence-corrected chi connectivity index (χ0v) is 15.7. The minimum atomic E-state index is -0.409. The summed E-state index contributed by atoms with van der Waals surface area (Å²) >= 11 is 0. The number of nitrogens with zero attached hydrogens (tertiary/aromatic N) is 1. The second-order valence-corrected chi connectivity index (χ2v) is 6.07. The number of nitro groups is 1. The van der Waals surface area contributed by atoms with E-state index in [9.17, 15) is 10.1 Å². The van der Waals surface area contributed by atoms with Crippen molar-refractivity contribution in [2.45, 2.75) is 12.5 Å². The molecule has 0 saturated heterocycles. The maximum Gasteiger partial charge on any atom is 0.278 e. The van der Waals surface area contributed by atoms with Crippen molar-refractivity contribution in [3.8, 4) is 23.0 Å². The molecule has 0 spiro atoms. The molecule has 1 aliphatic heterocycles. The first kappa shape index (κ1) is 18.8. The summed E-state index contributed by atoms with van der Waals surface area (Å²) in [6.07, 6.45) is 0.785. The Kier molecular flexibility index (Phi) is 5.36. The number of hydrogen-bond donors (Lipinski definition) is 1. The van der Waals surface area contributed by atoms with Crippen LogP contribution < -0.4 is 24.3 Å². The lowest BCUT2D eigenvalue weighted by Crippen LogP contribution is -2.31. The molecule has 1 N–H and O–H groups in total. The van der Waals surface area contributed by atoms with Gasteiger partial charge in [0, 0.05) is 6.54 Å². The molecular formula is C19H22N2O6. The van der Waals surface area contributed by atoms with E-state index in [0.29, 0.717) is 35.1 Å². The van der Waals surface area contributed by atoms with Crippen LogP contribution in [0.15, 0.2) is 24.3 Å². The summed E-state index contributed by atoms with van der Waals surface area (Å²) in [5, 5.41) is 15.1. The van der Waals surface area contributed by atoms with Crippen LogP contribution in [0.3, 0.4) is 0 Å². The zero-order chi connectivity index (χ0) is 19.6. The zero-order valence-electron chi connectivity index (χ0n) is 15.7. The Balaban J connectivity index is 2.20. The van der Waals surface area contributed by atoms with Gasteiger partial charge in [-0.3, -0.25) is 10.1 Å². The molecule has 1 aliphatic rings. The maximum atomic E-state index is 11.7. The molecule has 0 radical (unpaired) electrons. The lowest BCUT2D eigenvalue weighted by atomic mass is 9.88. The van der Waals surface area contributed by atoms with Gasteiger partial charge in [-0.1, -0.05) is 0 Å². The van der Waals surface area contributed by atoms with Gasteiger partial charge >= 0.3 is 0 Å².